The van der Waals surface area contributed by atoms with Crippen molar-refractivity contribution in [1.82, 2.24) is 0 Å². The molecule has 0 amide bonds. The van der Waals surface area contributed by atoms with E-state index in [-0.39, 0.29) is 26.4 Å². The van der Waals surface area contributed by atoms with Crippen molar-refractivity contribution in [3.63, 3.8) is 0 Å². The van der Waals surface area contributed by atoms with Crippen LogP contribution in [-0.4, -0.2) is 46.0 Å². The van der Waals surface area contributed by atoms with Crippen LogP contribution in [0.1, 0.15) is 134 Å². The molecule has 0 aliphatic carbocycles. The van der Waals surface area contributed by atoms with E-state index < -0.39 is 31.3 Å². The number of hydrogen-bond donors (Lipinski definition) is 4. The van der Waals surface area contributed by atoms with Crippen molar-refractivity contribution in [2.45, 2.75) is 134 Å². The average molecular weight is 901 g/mol. The fraction of sp³-hybridized carbons (Fsp3) is 0.600. The zero-order valence-electron chi connectivity index (χ0n) is 36.8. The topological polar surface area (TPSA) is 205 Å². The molecule has 58 heavy (non-hydrogen) atoms. The van der Waals surface area contributed by atoms with Crippen LogP contribution in [0, 0.1) is 0 Å². The quantitative estimate of drug-likeness (QED) is 0.0426. The molecule has 0 aromatic rings. The van der Waals surface area contributed by atoms with Crippen LogP contribution in [0.25, 0.3) is 0 Å². The van der Waals surface area contributed by atoms with Crippen molar-refractivity contribution in [3.8, 4) is 0 Å². The van der Waals surface area contributed by atoms with Crippen molar-refractivity contribution < 1.29 is 64.6 Å². The van der Waals surface area contributed by atoms with Gasteiger partial charge < -0.3 is 19.6 Å². The van der Waals surface area contributed by atoms with Gasteiger partial charge in [0.05, 0.1) is 26.4 Å². The highest BCUT2D eigenvalue weighted by Gasteiger charge is 2.40. The van der Waals surface area contributed by atoms with Gasteiger partial charge >= 0.3 is 31.3 Å². The molecule has 336 valence electrons. The van der Waals surface area contributed by atoms with Crippen molar-refractivity contribution in [1.29, 1.82) is 0 Å². The Balaban J connectivity index is 0. The molecular weight excluding hydrogens is 828 g/mol. The molecule has 0 spiro atoms. The summed E-state index contributed by atoms with van der Waals surface area (Å²) in [5, 5.41) is 0. The molecule has 0 heterocycles. The third-order valence-electron chi connectivity index (χ3n) is 7.44. The molecule has 0 fully saturated rings. The smallest absolute Gasteiger partial charge is 0.302 e. The highest BCUT2D eigenvalue weighted by molar-refractivity contribution is 7.62. The van der Waals surface area contributed by atoms with Gasteiger partial charge in [0.25, 0.3) is 0 Å². The van der Waals surface area contributed by atoms with Crippen molar-refractivity contribution in [2.24, 2.45) is 0 Å². The molecule has 0 aromatic heterocycles. The first-order valence-corrected chi connectivity index (χ1v) is 25.1. The number of phosphoric ester groups is 2. The van der Waals surface area contributed by atoms with Crippen LogP contribution in [-0.2, 0) is 45.0 Å². The first-order chi connectivity index (χ1) is 26.7. The Morgan fingerprint density at radius 3 is 0.724 bits per heavy atom. The highest BCUT2D eigenvalue weighted by Crippen LogP contribution is 2.66. The summed E-state index contributed by atoms with van der Waals surface area (Å²) in [6, 6.07) is 0. The summed E-state index contributed by atoms with van der Waals surface area (Å²) in [4.78, 5) is 31.0. The number of phosphoric acid groups is 4. The van der Waals surface area contributed by atoms with Gasteiger partial charge in [0.1, 0.15) is 0 Å². The molecule has 18 heteroatoms. The SMILES string of the molecule is CC(C)=CCC/C(C)=C/COP(=O)(OC/C=C(\C)CCC=C(C)C)OP(=O)(OC/C=C(\C)CCC=C(C)C)OC/C=C(\C)CCC=C(C)C.O=P(O)(O)OP(=O)(O)O. The minimum Gasteiger partial charge on any atom is -0.302 e. The molecule has 0 unspecified atom stereocenters. The predicted molar refractivity (Wildman–Crippen MR) is 235 cm³/mol. The Labute approximate surface area is 349 Å². The lowest BCUT2D eigenvalue weighted by Gasteiger charge is -2.22. The van der Waals surface area contributed by atoms with Crippen LogP contribution >= 0.6 is 31.3 Å². The fourth-order valence-electron chi connectivity index (χ4n) is 4.28. The Bertz CT molecular complexity index is 1440. The first-order valence-electron chi connectivity index (χ1n) is 19.1. The van der Waals surface area contributed by atoms with Crippen LogP contribution < -0.4 is 0 Å². The monoisotopic (exact) mass is 900 g/mol. The zero-order chi connectivity index (χ0) is 45.0. The van der Waals surface area contributed by atoms with E-state index in [2.05, 4.69) is 84.0 Å². The van der Waals surface area contributed by atoms with Crippen LogP contribution in [0.15, 0.2) is 93.2 Å². The van der Waals surface area contributed by atoms with E-state index >= 15 is 0 Å². The number of hydrogen-bond acceptors (Lipinski definition) is 10. The largest absolute Gasteiger partial charge is 0.484 e. The number of allylic oxidation sites excluding steroid dienone is 12. The summed E-state index contributed by atoms with van der Waals surface area (Å²) in [5.41, 5.74) is 9.29. The second kappa shape index (κ2) is 31.3. The van der Waals surface area contributed by atoms with Gasteiger partial charge in [-0.3, -0.25) is 18.1 Å². The summed E-state index contributed by atoms with van der Waals surface area (Å²) in [7, 11) is -18.9. The van der Waals surface area contributed by atoms with Gasteiger partial charge in [-0.15, -0.1) is 0 Å². The van der Waals surface area contributed by atoms with Gasteiger partial charge in [0.2, 0.25) is 0 Å². The molecule has 0 atom stereocenters. The minimum atomic E-state index is -5.05. The molecule has 0 rings (SSSR count). The average Bonchev–Trinajstić information content (AvgIpc) is 3.02. The van der Waals surface area contributed by atoms with Crippen LogP contribution in [0.5, 0.6) is 0 Å². The van der Waals surface area contributed by atoms with Crippen LogP contribution in [0.4, 0.5) is 0 Å². The number of rotatable bonds is 28. The molecule has 0 aliphatic rings. The summed E-state index contributed by atoms with van der Waals surface area (Å²) < 4.78 is 79.0. The van der Waals surface area contributed by atoms with E-state index in [4.69, 9.17) is 42.0 Å². The molecule has 14 nitrogen and oxygen atoms in total. The summed E-state index contributed by atoms with van der Waals surface area (Å²) in [6.07, 6.45) is 22.9. The normalized spacial score (nSPS) is 14.2. The maximum atomic E-state index is 14.1. The standard InChI is InChI=1S/C40H68O7P2.H4O7P2/c1-33(2)17-13-21-37(9)25-29-43-48(41,44-30-26-38(10)22-14-18-34(3)4)47-49(42,45-31-27-39(11)23-15-19-35(5)6)46-32-28-40(12)24-16-20-36(7)8;1-8(2,3)7-9(4,5)6/h17-20,25-28H,13-16,21-24,29-32H2,1-12H3;(H2,1,2,3)(H2,4,5,6)/b37-25+,38-26+,39-27+,40-28+;. The van der Waals surface area contributed by atoms with Gasteiger partial charge in [-0.05, 0) is 134 Å². The lowest BCUT2D eigenvalue weighted by atomic mass is 10.1. The van der Waals surface area contributed by atoms with Gasteiger partial charge in [0.15, 0.2) is 0 Å². The van der Waals surface area contributed by atoms with E-state index in [1.165, 1.54) is 22.3 Å². The van der Waals surface area contributed by atoms with Gasteiger partial charge in [-0.1, -0.05) is 93.2 Å². The molecule has 0 saturated heterocycles. The third-order valence-corrected chi connectivity index (χ3v) is 12.6. The Morgan fingerprint density at radius 2 is 0.569 bits per heavy atom. The van der Waals surface area contributed by atoms with Crippen LogP contribution in [0.3, 0.4) is 0 Å². The van der Waals surface area contributed by atoms with E-state index in [0.29, 0.717) is 0 Å². The predicted octanol–water partition coefficient (Wildman–Crippen LogP) is 13.2. The lowest BCUT2D eigenvalue weighted by molar-refractivity contribution is 0.130. The van der Waals surface area contributed by atoms with E-state index in [9.17, 15) is 18.3 Å². The maximum absolute atomic E-state index is 14.1. The second-order valence-corrected chi connectivity index (χ2v) is 20.8. The Kier molecular flexibility index (Phi) is 31.6. The van der Waals surface area contributed by atoms with Gasteiger partial charge in [-0.2, -0.15) is 8.62 Å². The highest BCUT2D eigenvalue weighted by atomic mass is 31.3. The molecule has 0 aliphatic heterocycles. The lowest BCUT2D eigenvalue weighted by Crippen LogP contribution is -2.05. The van der Waals surface area contributed by atoms with Crippen molar-refractivity contribution in [3.05, 3.63) is 93.2 Å². The van der Waals surface area contributed by atoms with Crippen molar-refractivity contribution >= 4 is 31.3 Å². The van der Waals surface area contributed by atoms with Gasteiger partial charge in [0, 0.05) is 0 Å². The zero-order valence-corrected chi connectivity index (χ0v) is 40.3. The molecule has 0 aromatic carbocycles. The summed E-state index contributed by atoms with van der Waals surface area (Å²) in [5.74, 6) is 0. The van der Waals surface area contributed by atoms with Gasteiger partial charge in [-0.25, -0.2) is 18.3 Å². The molecule has 4 N–H and O–H groups in total. The molecule has 0 bridgehead atoms. The third kappa shape index (κ3) is 39.9. The first kappa shape index (κ1) is 58.5. The molecular formula is C40H72O14P4. The fourth-order valence-corrected chi connectivity index (χ4v) is 8.30. The minimum absolute atomic E-state index is 0.0477. The second-order valence-electron chi connectivity index (χ2n) is 14.7. The van der Waals surface area contributed by atoms with Crippen LogP contribution in [0.2, 0.25) is 0 Å². The molecule has 0 radical (unpaired) electrons. The summed E-state index contributed by atoms with van der Waals surface area (Å²) in [6.45, 7) is 24.3. The summed E-state index contributed by atoms with van der Waals surface area (Å²) >= 11 is 0. The maximum Gasteiger partial charge on any atom is 0.484 e. The van der Waals surface area contributed by atoms with E-state index in [0.717, 1.165) is 73.7 Å². The van der Waals surface area contributed by atoms with Crippen molar-refractivity contribution in [2.75, 3.05) is 26.4 Å². The van der Waals surface area contributed by atoms with E-state index in [1.807, 2.05) is 52.0 Å². The Morgan fingerprint density at radius 1 is 0.362 bits per heavy atom. The van der Waals surface area contributed by atoms with E-state index in [1.54, 1.807) is 0 Å². The molecule has 0 saturated carbocycles. The Hall–Kier alpha value is -1.56.